The predicted molar refractivity (Wildman–Crippen MR) is 109 cm³/mol. The van der Waals surface area contributed by atoms with Crippen LogP contribution in [0.5, 0.6) is 5.75 Å². The van der Waals surface area contributed by atoms with E-state index >= 15 is 0 Å². The number of carbonyl (C=O) groups excluding carboxylic acids is 2. The Hall–Kier alpha value is -2.08. The van der Waals surface area contributed by atoms with Crippen molar-refractivity contribution >= 4 is 11.8 Å². The van der Waals surface area contributed by atoms with Crippen molar-refractivity contribution in [2.45, 2.75) is 38.5 Å². The molecule has 6 heteroatoms. The topological polar surface area (TPSA) is 78.9 Å². The molecule has 3 atom stereocenters. The molecule has 2 N–H and O–H groups in total. The summed E-state index contributed by atoms with van der Waals surface area (Å²) >= 11 is 0. The number of nitrogens with one attached hydrogen (secondary N) is 1. The van der Waals surface area contributed by atoms with Gasteiger partial charge in [0.25, 0.3) is 0 Å². The lowest BCUT2D eigenvalue weighted by molar-refractivity contribution is -0.155. The van der Waals surface area contributed by atoms with Crippen LogP contribution in [0.15, 0.2) is 24.3 Å². The lowest BCUT2D eigenvalue weighted by atomic mass is 9.73. The van der Waals surface area contributed by atoms with Crippen molar-refractivity contribution in [2.75, 3.05) is 33.4 Å². The Morgan fingerprint density at radius 3 is 2.83 bits per heavy atom. The second kappa shape index (κ2) is 8.34. The number of carbonyl (C=O) groups is 2. The average Bonchev–Trinajstić information content (AvgIpc) is 3.32. The first-order valence-electron chi connectivity index (χ1n) is 10.8. The Labute approximate surface area is 172 Å². The number of benzene rings is 1. The molecule has 2 aliphatic carbocycles. The van der Waals surface area contributed by atoms with E-state index in [0.29, 0.717) is 25.4 Å². The first-order chi connectivity index (χ1) is 14.0. The van der Waals surface area contributed by atoms with Gasteiger partial charge in [-0.1, -0.05) is 25.0 Å². The summed E-state index contributed by atoms with van der Waals surface area (Å²) in [5.74, 6) is 2.71. The number of ether oxygens (including phenoxy) is 1. The summed E-state index contributed by atoms with van der Waals surface area (Å²) in [6.45, 7) is 0.939. The Balaban J connectivity index is 1.43. The number of aliphatic hydroxyl groups excluding tert-OH is 1. The molecule has 1 saturated heterocycles. The average molecular weight is 401 g/mol. The monoisotopic (exact) mass is 400 g/mol. The number of hydrogen-bond acceptors (Lipinski definition) is 4. The molecule has 2 saturated carbocycles. The Morgan fingerprint density at radius 2 is 2.07 bits per heavy atom. The summed E-state index contributed by atoms with van der Waals surface area (Å²) in [6, 6.07) is 7.75. The molecule has 1 heterocycles. The van der Waals surface area contributed by atoms with Gasteiger partial charge < -0.3 is 20.1 Å². The number of aliphatic hydroxyl groups is 1. The summed E-state index contributed by atoms with van der Waals surface area (Å²) in [5, 5.41) is 12.4. The van der Waals surface area contributed by atoms with Crippen molar-refractivity contribution < 1.29 is 19.4 Å². The van der Waals surface area contributed by atoms with Crippen LogP contribution in [0.25, 0.3) is 0 Å². The first kappa shape index (κ1) is 20.2. The van der Waals surface area contributed by atoms with Gasteiger partial charge in [-0.05, 0) is 61.1 Å². The number of rotatable bonds is 7. The molecular formula is C23H32N2O4. The number of likely N-dealkylation sites (tertiary alicyclic amines) is 1. The van der Waals surface area contributed by atoms with Crippen molar-refractivity contribution in [3.05, 3.63) is 29.8 Å². The summed E-state index contributed by atoms with van der Waals surface area (Å²) in [7, 11) is 1.63. The van der Waals surface area contributed by atoms with Crippen molar-refractivity contribution in [2.24, 2.45) is 23.2 Å². The Morgan fingerprint density at radius 1 is 1.24 bits per heavy atom. The Bertz CT molecular complexity index is 759. The molecule has 158 valence electrons. The second-order valence-electron chi connectivity index (χ2n) is 9.12. The van der Waals surface area contributed by atoms with E-state index in [0.717, 1.165) is 29.7 Å². The van der Waals surface area contributed by atoms with Gasteiger partial charge in [0.15, 0.2) is 0 Å². The molecule has 0 spiro atoms. The van der Waals surface area contributed by atoms with Gasteiger partial charge in [-0.15, -0.1) is 0 Å². The molecule has 6 nitrogen and oxygen atoms in total. The van der Waals surface area contributed by atoms with E-state index in [2.05, 4.69) is 5.32 Å². The molecule has 3 aliphatic rings. The molecule has 4 rings (SSSR count). The summed E-state index contributed by atoms with van der Waals surface area (Å²) in [6.07, 6.45) is 7.07. The van der Waals surface area contributed by atoms with Gasteiger partial charge in [0, 0.05) is 19.6 Å². The highest BCUT2D eigenvalue weighted by molar-refractivity contribution is 5.88. The van der Waals surface area contributed by atoms with Crippen LogP contribution in [-0.2, 0) is 16.0 Å². The molecule has 0 bridgehead atoms. The predicted octanol–water partition coefficient (Wildman–Crippen LogP) is 2.00. The minimum Gasteiger partial charge on any atom is -0.497 e. The summed E-state index contributed by atoms with van der Waals surface area (Å²) < 4.78 is 5.32. The van der Waals surface area contributed by atoms with E-state index < -0.39 is 12.0 Å². The van der Waals surface area contributed by atoms with Crippen molar-refractivity contribution in [1.29, 1.82) is 0 Å². The van der Waals surface area contributed by atoms with Crippen LogP contribution in [0.3, 0.4) is 0 Å². The number of hydrogen-bond donors (Lipinski definition) is 2. The highest BCUT2D eigenvalue weighted by Gasteiger charge is 2.51. The fourth-order valence-corrected chi connectivity index (χ4v) is 5.82. The second-order valence-corrected chi connectivity index (χ2v) is 9.12. The van der Waals surface area contributed by atoms with Crippen LogP contribution in [0.4, 0.5) is 0 Å². The van der Waals surface area contributed by atoms with E-state index in [-0.39, 0.29) is 11.8 Å². The maximum absolute atomic E-state index is 13.3. The lowest BCUT2D eigenvalue weighted by Gasteiger charge is -2.49. The van der Waals surface area contributed by atoms with Crippen LogP contribution >= 0.6 is 0 Å². The standard InChI is InChI=1S/C23H32N2O4/c1-29-19-6-2-4-16(10-19)11-23(14-25(15-23)21(27)13-26)22(28)24-12-18-9-8-17-5-3-7-20(17)18/h2,4,6,10,17-18,20,26H,3,5,7-9,11-15H2,1H3,(H,24,28)/t17-,18+,20-/m0/s1. The normalized spacial score (nSPS) is 27.2. The summed E-state index contributed by atoms with van der Waals surface area (Å²) in [5.41, 5.74) is 0.387. The van der Waals surface area contributed by atoms with Crippen LogP contribution in [0.2, 0.25) is 0 Å². The van der Waals surface area contributed by atoms with E-state index in [1.165, 1.54) is 32.1 Å². The fraction of sp³-hybridized carbons (Fsp3) is 0.652. The zero-order valence-corrected chi connectivity index (χ0v) is 17.2. The number of fused-ring (bicyclic) bond motifs is 1. The van der Waals surface area contributed by atoms with Gasteiger partial charge in [0.05, 0.1) is 12.5 Å². The van der Waals surface area contributed by atoms with Gasteiger partial charge in [-0.25, -0.2) is 0 Å². The molecule has 1 aromatic rings. The molecule has 2 amide bonds. The van der Waals surface area contributed by atoms with Crippen molar-refractivity contribution in [3.8, 4) is 5.75 Å². The number of amides is 2. The lowest BCUT2D eigenvalue weighted by Crippen LogP contribution is -2.66. The van der Waals surface area contributed by atoms with E-state index in [9.17, 15) is 9.59 Å². The van der Waals surface area contributed by atoms with E-state index in [1.54, 1.807) is 12.0 Å². The molecule has 0 aromatic heterocycles. The third kappa shape index (κ3) is 4.00. The maximum atomic E-state index is 13.3. The van der Waals surface area contributed by atoms with Gasteiger partial charge in [0.2, 0.25) is 11.8 Å². The highest BCUT2D eigenvalue weighted by Crippen LogP contribution is 2.47. The third-order valence-corrected chi connectivity index (χ3v) is 7.39. The first-order valence-corrected chi connectivity index (χ1v) is 10.8. The molecule has 3 fully saturated rings. The van der Waals surface area contributed by atoms with Gasteiger partial charge in [0.1, 0.15) is 12.4 Å². The smallest absolute Gasteiger partial charge is 0.248 e. The molecule has 0 unspecified atom stereocenters. The molecular weight excluding hydrogens is 368 g/mol. The minimum absolute atomic E-state index is 0.0313. The quantitative estimate of drug-likeness (QED) is 0.734. The summed E-state index contributed by atoms with van der Waals surface area (Å²) in [4.78, 5) is 26.7. The van der Waals surface area contributed by atoms with Gasteiger partial charge in [-0.3, -0.25) is 9.59 Å². The minimum atomic E-state index is -0.634. The van der Waals surface area contributed by atoms with Gasteiger partial charge >= 0.3 is 0 Å². The fourth-order valence-electron chi connectivity index (χ4n) is 5.82. The molecule has 29 heavy (non-hydrogen) atoms. The van der Waals surface area contributed by atoms with Crippen molar-refractivity contribution in [3.63, 3.8) is 0 Å². The SMILES string of the molecule is COc1cccc(CC2(C(=O)NC[C@H]3CC[C@@H]4CCC[C@@H]43)CN(C(=O)CO)C2)c1. The molecule has 1 aliphatic heterocycles. The van der Waals surface area contributed by atoms with Gasteiger partial charge in [-0.2, -0.15) is 0 Å². The highest BCUT2D eigenvalue weighted by atomic mass is 16.5. The van der Waals surface area contributed by atoms with Crippen LogP contribution in [-0.4, -0.2) is 55.2 Å². The maximum Gasteiger partial charge on any atom is 0.248 e. The molecule has 1 aromatic carbocycles. The largest absolute Gasteiger partial charge is 0.497 e. The zero-order valence-electron chi connectivity index (χ0n) is 17.2. The number of nitrogens with zero attached hydrogens (tertiary/aromatic N) is 1. The third-order valence-electron chi connectivity index (χ3n) is 7.39. The van der Waals surface area contributed by atoms with Crippen LogP contribution < -0.4 is 10.1 Å². The van der Waals surface area contributed by atoms with E-state index in [4.69, 9.17) is 9.84 Å². The van der Waals surface area contributed by atoms with Crippen molar-refractivity contribution in [1.82, 2.24) is 10.2 Å². The Kier molecular flexibility index (Phi) is 5.81. The van der Waals surface area contributed by atoms with Crippen LogP contribution in [0, 0.1) is 23.2 Å². The van der Waals surface area contributed by atoms with E-state index in [1.807, 2.05) is 24.3 Å². The zero-order chi connectivity index (χ0) is 20.4. The van der Waals surface area contributed by atoms with Crippen LogP contribution in [0.1, 0.15) is 37.7 Å². The number of methoxy groups -OCH3 is 1. The molecule has 0 radical (unpaired) electrons.